The van der Waals surface area contributed by atoms with Crippen LogP contribution in [0.5, 0.6) is 0 Å². The summed E-state index contributed by atoms with van der Waals surface area (Å²) in [7, 11) is 1.98. The van der Waals surface area contributed by atoms with Crippen molar-refractivity contribution in [3.05, 3.63) is 22.4 Å². The van der Waals surface area contributed by atoms with E-state index in [-0.39, 0.29) is 11.8 Å². The van der Waals surface area contributed by atoms with Gasteiger partial charge in [0.25, 0.3) is 0 Å². The Balaban J connectivity index is 2.50. The van der Waals surface area contributed by atoms with Gasteiger partial charge in [0.2, 0.25) is 0 Å². The lowest BCUT2D eigenvalue weighted by Gasteiger charge is -2.21. The van der Waals surface area contributed by atoms with Gasteiger partial charge in [-0.2, -0.15) is 11.3 Å². The second-order valence-electron chi connectivity index (χ2n) is 3.33. The molecule has 72 valence electrons. The number of thiophene rings is 1. The average molecular weight is 197 g/mol. The standard InChI is InChI=1S/C10H15NOS/c1-8(9(2)12)11(3)6-10-4-5-13-7-10/h4-5,7-8H,6H2,1-3H3. The third kappa shape index (κ3) is 2.94. The summed E-state index contributed by atoms with van der Waals surface area (Å²) in [6.45, 7) is 4.42. The van der Waals surface area contributed by atoms with Crippen LogP contribution in [-0.4, -0.2) is 23.8 Å². The molecule has 0 saturated heterocycles. The van der Waals surface area contributed by atoms with Crippen LogP contribution in [0.25, 0.3) is 0 Å². The van der Waals surface area contributed by atoms with Crippen LogP contribution in [0.1, 0.15) is 19.4 Å². The lowest BCUT2D eigenvalue weighted by Crippen LogP contribution is -2.33. The maximum atomic E-state index is 11.1. The third-order valence-corrected chi connectivity index (χ3v) is 2.99. The number of ketones is 1. The molecule has 0 amide bonds. The smallest absolute Gasteiger partial charge is 0.146 e. The molecule has 1 heterocycles. The van der Waals surface area contributed by atoms with E-state index in [0.717, 1.165) is 6.54 Å². The summed E-state index contributed by atoms with van der Waals surface area (Å²) < 4.78 is 0. The molecular weight excluding hydrogens is 182 g/mol. The highest BCUT2D eigenvalue weighted by Gasteiger charge is 2.13. The zero-order chi connectivity index (χ0) is 9.84. The number of carbonyl (C=O) groups is 1. The van der Waals surface area contributed by atoms with Crippen molar-refractivity contribution in [2.75, 3.05) is 7.05 Å². The molecule has 0 bridgehead atoms. The Bertz CT molecular complexity index is 268. The molecule has 0 aromatic carbocycles. The molecule has 1 unspecified atom stereocenters. The first-order chi connectivity index (χ1) is 6.11. The van der Waals surface area contributed by atoms with Crippen molar-refractivity contribution in [3.63, 3.8) is 0 Å². The number of likely N-dealkylation sites (N-methyl/N-ethyl adjacent to an activating group) is 1. The maximum absolute atomic E-state index is 11.1. The normalized spacial score (nSPS) is 13.2. The van der Waals surface area contributed by atoms with Crippen LogP contribution >= 0.6 is 11.3 Å². The molecular formula is C10H15NOS. The van der Waals surface area contributed by atoms with Crippen molar-refractivity contribution in [2.45, 2.75) is 26.4 Å². The monoisotopic (exact) mass is 197 g/mol. The topological polar surface area (TPSA) is 20.3 Å². The fourth-order valence-electron chi connectivity index (χ4n) is 1.12. The molecule has 2 nitrogen and oxygen atoms in total. The number of hydrogen-bond donors (Lipinski definition) is 0. The Morgan fingerprint density at radius 3 is 2.85 bits per heavy atom. The van der Waals surface area contributed by atoms with Crippen LogP contribution < -0.4 is 0 Å². The second-order valence-corrected chi connectivity index (χ2v) is 4.11. The summed E-state index contributed by atoms with van der Waals surface area (Å²) in [5.41, 5.74) is 1.28. The summed E-state index contributed by atoms with van der Waals surface area (Å²) in [5.74, 6) is 0.220. The van der Waals surface area contributed by atoms with E-state index in [1.165, 1.54) is 5.56 Å². The number of Topliss-reactive ketones (excluding diaryl/α,β-unsaturated/α-hetero) is 1. The maximum Gasteiger partial charge on any atom is 0.146 e. The molecule has 1 rings (SSSR count). The highest BCUT2D eigenvalue weighted by Crippen LogP contribution is 2.10. The lowest BCUT2D eigenvalue weighted by atomic mass is 10.2. The Hall–Kier alpha value is -0.670. The Morgan fingerprint density at radius 1 is 1.69 bits per heavy atom. The van der Waals surface area contributed by atoms with Gasteiger partial charge >= 0.3 is 0 Å². The summed E-state index contributed by atoms with van der Waals surface area (Å²) in [5, 5.41) is 4.17. The van der Waals surface area contributed by atoms with Crippen LogP contribution in [0.3, 0.4) is 0 Å². The third-order valence-electron chi connectivity index (χ3n) is 2.26. The molecule has 0 aliphatic rings. The fraction of sp³-hybridized carbons (Fsp3) is 0.500. The minimum atomic E-state index is 0.0138. The first-order valence-corrected chi connectivity index (χ1v) is 5.27. The van der Waals surface area contributed by atoms with Crippen LogP contribution in [0, 0.1) is 0 Å². The molecule has 0 saturated carbocycles. The number of hydrogen-bond acceptors (Lipinski definition) is 3. The van der Waals surface area contributed by atoms with E-state index in [1.807, 2.05) is 14.0 Å². The molecule has 0 radical (unpaired) electrons. The average Bonchev–Trinajstić information content (AvgIpc) is 2.55. The van der Waals surface area contributed by atoms with Gasteiger partial charge in [-0.15, -0.1) is 0 Å². The van der Waals surface area contributed by atoms with E-state index in [9.17, 15) is 4.79 Å². The van der Waals surface area contributed by atoms with E-state index < -0.39 is 0 Å². The second kappa shape index (κ2) is 4.53. The number of rotatable bonds is 4. The van der Waals surface area contributed by atoms with E-state index in [2.05, 4.69) is 21.7 Å². The van der Waals surface area contributed by atoms with E-state index >= 15 is 0 Å². The quantitative estimate of drug-likeness (QED) is 0.737. The first-order valence-electron chi connectivity index (χ1n) is 4.33. The van der Waals surface area contributed by atoms with Gasteiger partial charge in [-0.05, 0) is 43.3 Å². The van der Waals surface area contributed by atoms with Crippen molar-refractivity contribution in [3.8, 4) is 0 Å². The van der Waals surface area contributed by atoms with Crippen molar-refractivity contribution in [1.82, 2.24) is 4.90 Å². The van der Waals surface area contributed by atoms with Crippen molar-refractivity contribution < 1.29 is 4.79 Å². The predicted molar refractivity (Wildman–Crippen MR) is 55.9 cm³/mol. The Labute approximate surface area is 83.2 Å². The fourth-order valence-corrected chi connectivity index (χ4v) is 1.78. The van der Waals surface area contributed by atoms with Gasteiger partial charge in [-0.25, -0.2) is 0 Å². The molecule has 0 fully saturated rings. The summed E-state index contributed by atoms with van der Waals surface area (Å²) in [4.78, 5) is 13.1. The molecule has 13 heavy (non-hydrogen) atoms. The number of carbonyl (C=O) groups excluding carboxylic acids is 1. The largest absolute Gasteiger partial charge is 0.298 e. The van der Waals surface area contributed by atoms with Crippen molar-refractivity contribution in [1.29, 1.82) is 0 Å². The minimum Gasteiger partial charge on any atom is -0.298 e. The van der Waals surface area contributed by atoms with Crippen LogP contribution in [0.15, 0.2) is 16.8 Å². The Kier molecular flexibility index (Phi) is 3.63. The Morgan fingerprint density at radius 2 is 2.38 bits per heavy atom. The molecule has 0 spiro atoms. The highest BCUT2D eigenvalue weighted by molar-refractivity contribution is 7.07. The zero-order valence-electron chi connectivity index (χ0n) is 8.28. The van der Waals surface area contributed by atoms with Crippen molar-refractivity contribution >= 4 is 17.1 Å². The minimum absolute atomic E-state index is 0.0138. The zero-order valence-corrected chi connectivity index (χ0v) is 9.10. The summed E-state index contributed by atoms with van der Waals surface area (Å²) in [6.07, 6.45) is 0. The highest BCUT2D eigenvalue weighted by atomic mass is 32.1. The van der Waals surface area contributed by atoms with Gasteiger partial charge in [0.1, 0.15) is 5.78 Å². The molecule has 0 aliphatic carbocycles. The number of nitrogens with zero attached hydrogens (tertiary/aromatic N) is 1. The summed E-state index contributed by atoms with van der Waals surface area (Å²) in [6, 6.07) is 2.11. The molecule has 3 heteroatoms. The van der Waals surface area contributed by atoms with Gasteiger partial charge in [0.15, 0.2) is 0 Å². The van der Waals surface area contributed by atoms with Crippen LogP contribution in [-0.2, 0) is 11.3 Å². The molecule has 1 aromatic rings. The van der Waals surface area contributed by atoms with Crippen LogP contribution in [0.4, 0.5) is 0 Å². The van der Waals surface area contributed by atoms with Crippen LogP contribution in [0.2, 0.25) is 0 Å². The van der Waals surface area contributed by atoms with Gasteiger partial charge in [-0.1, -0.05) is 0 Å². The van der Waals surface area contributed by atoms with Gasteiger partial charge in [0.05, 0.1) is 6.04 Å². The van der Waals surface area contributed by atoms with Crippen molar-refractivity contribution in [2.24, 2.45) is 0 Å². The van der Waals surface area contributed by atoms with E-state index in [4.69, 9.17) is 0 Å². The summed E-state index contributed by atoms with van der Waals surface area (Å²) >= 11 is 1.69. The molecule has 0 N–H and O–H groups in total. The van der Waals surface area contributed by atoms with E-state index in [1.54, 1.807) is 18.3 Å². The first kappa shape index (κ1) is 10.4. The lowest BCUT2D eigenvalue weighted by molar-refractivity contribution is -0.121. The van der Waals surface area contributed by atoms with E-state index in [0.29, 0.717) is 0 Å². The predicted octanol–water partition coefficient (Wildman–Crippen LogP) is 2.16. The van der Waals surface area contributed by atoms with Gasteiger partial charge in [0, 0.05) is 6.54 Å². The molecule has 0 aliphatic heterocycles. The molecule has 1 atom stereocenters. The molecule has 1 aromatic heterocycles. The SMILES string of the molecule is CC(=O)C(C)N(C)Cc1ccsc1. The van der Waals surface area contributed by atoms with Gasteiger partial charge < -0.3 is 0 Å². The van der Waals surface area contributed by atoms with Gasteiger partial charge in [-0.3, -0.25) is 9.69 Å².